The Morgan fingerprint density at radius 3 is 2.11 bits per heavy atom. The molecule has 0 atom stereocenters. The van der Waals surface area contributed by atoms with Crippen LogP contribution in [0.3, 0.4) is 0 Å². The Labute approximate surface area is 108 Å². The van der Waals surface area contributed by atoms with Crippen LogP contribution >= 0.6 is 0 Å². The quantitative estimate of drug-likeness (QED) is 0.845. The third-order valence-electron chi connectivity index (χ3n) is 4.69. The predicted molar refractivity (Wildman–Crippen MR) is 70.9 cm³/mol. The molecule has 0 unspecified atom stereocenters. The van der Waals surface area contributed by atoms with E-state index in [9.17, 15) is 10.2 Å². The number of fused-ring (bicyclic) bond motifs is 1. The van der Waals surface area contributed by atoms with E-state index in [-0.39, 0.29) is 0 Å². The van der Waals surface area contributed by atoms with Crippen molar-refractivity contribution in [2.24, 2.45) is 11.8 Å². The van der Waals surface area contributed by atoms with Crippen molar-refractivity contribution >= 4 is 0 Å². The number of aromatic nitrogens is 1. The molecule has 2 aliphatic carbocycles. The largest absolute Gasteiger partial charge is 0.494 e. The molecular weight excluding hydrogens is 226 g/mol. The Kier molecular flexibility index (Phi) is 3.00. The fourth-order valence-electron chi connectivity index (χ4n) is 3.69. The Hall–Kier alpha value is -1.12. The molecule has 0 aliphatic heterocycles. The van der Waals surface area contributed by atoms with Gasteiger partial charge in [0, 0.05) is 17.7 Å². The van der Waals surface area contributed by atoms with Gasteiger partial charge in [-0.05, 0) is 37.5 Å². The summed E-state index contributed by atoms with van der Waals surface area (Å²) >= 11 is 0. The van der Waals surface area contributed by atoms with Crippen molar-refractivity contribution in [1.82, 2.24) is 4.57 Å². The summed E-state index contributed by atoms with van der Waals surface area (Å²) in [7, 11) is 0. The van der Waals surface area contributed by atoms with Gasteiger partial charge < -0.3 is 10.2 Å². The minimum atomic E-state index is 0.331. The fraction of sp³-hybridized carbons (Fsp3) is 0.733. The third-order valence-corrected chi connectivity index (χ3v) is 4.69. The van der Waals surface area contributed by atoms with Crippen LogP contribution in [0.5, 0.6) is 11.8 Å². The highest BCUT2D eigenvalue weighted by molar-refractivity contribution is 5.48. The van der Waals surface area contributed by atoms with E-state index in [2.05, 4.69) is 6.92 Å². The topological polar surface area (TPSA) is 45.4 Å². The monoisotopic (exact) mass is 249 g/mol. The van der Waals surface area contributed by atoms with Crippen LogP contribution in [0, 0.1) is 11.8 Å². The second-order valence-corrected chi connectivity index (χ2v) is 6.23. The summed E-state index contributed by atoms with van der Waals surface area (Å²) in [6.45, 7) is 2.96. The van der Waals surface area contributed by atoms with Crippen LogP contribution in [-0.2, 0) is 19.4 Å². The molecule has 2 aliphatic rings. The van der Waals surface area contributed by atoms with Gasteiger partial charge >= 0.3 is 0 Å². The molecule has 1 aromatic rings. The lowest BCUT2D eigenvalue weighted by molar-refractivity contribution is 0.279. The number of aromatic hydroxyl groups is 2. The van der Waals surface area contributed by atoms with E-state index >= 15 is 0 Å². The molecule has 100 valence electrons. The van der Waals surface area contributed by atoms with Crippen LogP contribution < -0.4 is 0 Å². The summed E-state index contributed by atoms with van der Waals surface area (Å²) < 4.78 is 1.76. The second kappa shape index (κ2) is 4.52. The molecule has 3 nitrogen and oxygen atoms in total. The second-order valence-electron chi connectivity index (χ2n) is 6.23. The van der Waals surface area contributed by atoms with Gasteiger partial charge in [0.25, 0.3) is 0 Å². The maximum atomic E-state index is 10.3. The molecule has 18 heavy (non-hydrogen) atoms. The number of nitrogens with zero attached hydrogens (tertiary/aromatic N) is 1. The molecule has 2 N–H and O–H groups in total. The van der Waals surface area contributed by atoms with Crippen LogP contribution in [-0.4, -0.2) is 14.8 Å². The zero-order valence-corrected chi connectivity index (χ0v) is 11.2. The van der Waals surface area contributed by atoms with Crippen LogP contribution in [0.2, 0.25) is 0 Å². The van der Waals surface area contributed by atoms with Gasteiger partial charge in [-0.15, -0.1) is 0 Å². The zero-order chi connectivity index (χ0) is 12.7. The minimum absolute atomic E-state index is 0.331. The Morgan fingerprint density at radius 1 is 1.00 bits per heavy atom. The van der Waals surface area contributed by atoms with Crippen molar-refractivity contribution in [1.29, 1.82) is 0 Å². The predicted octanol–water partition coefficient (Wildman–Crippen LogP) is 3.21. The zero-order valence-electron chi connectivity index (χ0n) is 11.2. The highest BCUT2D eigenvalue weighted by Crippen LogP contribution is 2.42. The van der Waals surface area contributed by atoms with Gasteiger partial charge in [-0.25, -0.2) is 0 Å². The molecule has 3 rings (SSSR count). The average molecular weight is 249 g/mol. The highest BCUT2D eigenvalue weighted by atomic mass is 16.3. The van der Waals surface area contributed by atoms with Gasteiger partial charge in [0.1, 0.15) is 0 Å². The third kappa shape index (κ3) is 1.90. The van der Waals surface area contributed by atoms with Crippen molar-refractivity contribution in [2.45, 2.75) is 58.4 Å². The molecule has 1 fully saturated rings. The summed E-state index contributed by atoms with van der Waals surface area (Å²) in [5.74, 6) is 1.84. The van der Waals surface area contributed by atoms with Crippen LogP contribution in [0.4, 0.5) is 0 Å². The Bertz CT molecular complexity index is 414. The Balaban J connectivity index is 1.83. The summed E-state index contributed by atoms with van der Waals surface area (Å²) in [5.41, 5.74) is 1.99. The lowest BCUT2D eigenvalue weighted by atomic mass is 9.89. The standard InChI is InChI=1S/C15H23NO2/c1-10-7-12-13(8-10)15(18)16(14(12)17)9-11-5-3-2-4-6-11/h10-11,17-18H,2-9H2,1H3. The summed E-state index contributed by atoms with van der Waals surface area (Å²) in [6.07, 6.45) is 8.22. The van der Waals surface area contributed by atoms with E-state index in [1.165, 1.54) is 32.1 Å². The number of rotatable bonds is 2. The molecule has 1 aromatic heterocycles. The lowest BCUT2D eigenvalue weighted by Crippen LogP contribution is -2.14. The van der Waals surface area contributed by atoms with Crippen molar-refractivity contribution in [3.8, 4) is 11.8 Å². The normalized spacial score (nSPS) is 21.4. The average Bonchev–Trinajstić information content (AvgIpc) is 2.85. The van der Waals surface area contributed by atoms with Crippen molar-refractivity contribution in [3.63, 3.8) is 0 Å². The Morgan fingerprint density at radius 2 is 1.56 bits per heavy atom. The summed E-state index contributed by atoms with van der Waals surface area (Å²) in [6, 6.07) is 0. The van der Waals surface area contributed by atoms with E-state index in [0.717, 1.165) is 30.5 Å². The van der Waals surface area contributed by atoms with E-state index in [0.29, 0.717) is 23.6 Å². The van der Waals surface area contributed by atoms with E-state index in [4.69, 9.17) is 0 Å². The highest BCUT2D eigenvalue weighted by Gasteiger charge is 2.30. The van der Waals surface area contributed by atoms with Crippen molar-refractivity contribution in [3.05, 3.63) is 11.1 Å². The molecule has 3 heteroatoms. The molecule has 0 bridgehead atoms. The summed E-state index contributed by atoms with van der Waals surface area (Å²) in [4.78, 5) is 0. The van der Waals surface area contributed by atoms with Crippen molar-refractivity contribution < 1.29 is 10.2 Å². The van der Waals surface area contributed by atoms with Crippen LogP contribution in [0.15, 0.2) is 0 Å². The number of hydrogen-bond acceptors (Lipinski definition) is 2. The fourth-order valence-corrected chi connectivity index (χ4v) is 3.69. The first kappa shape index (κ1) is 11.9. The minimum Gasteiger partial charge on any atom is -0.494 e. The van der Waals surface area contributed by atoms with Gasteiger partial charge in [0.15, 0.2) is 11.8 Å². The lowest BCUT2D eigenvalue weighted by Gasteiger charge is -2.23. The van der Waals surface area contributed by atoms with Gasteiger partial charge in [0.05, 0.1) is 0 Å². The van der Waals surface area contributed by atoms with E-state index in [1.54, 1.807) is 4.57 Å². The van der Waals surface area contributed by atoms with Gasteiger partial charge in [-0.2, -0.15) is 0 Å². The van der Waals surface area contributed by atoms with E-state index < -0.39 is 0 Å². The first-order chi connectivity index (χ1) is 8.66. The molecule has 0 saturated heterocycles. The van der Waals surface area contributed by atoms with Gasteiger partial charge in [-0.3, -0.25) is 4.57 Å². The molecular formula is C15H23NO2. The van der Waals surface area contributed by atoms with E-state index in [1.807, 2.05) is 0 Å². The number of hydrogen-bond donors (Lipinski definition) is 2. The first-order valence-corrected chi connectivity index (χ1v) is 7.29. The van der Waals surface area contributed by atoms with Gasteiger partial charge in [-0.1, -0.05) is 26.2 Å². The van der Waals surface area contributed by atoms with Crippen LogP contribution in [0.1, 0.15) is 50.2 Å². The SMILES string of the molecule is CC1Cc2c(c(O)n(CC3CCCCC3)c2O)C1. The first-order valence-electron chi connectivity index (χ1n) is 7.29. The molecule has 1 heterocycles. The molecule has 0 spiro atoms. The molecule has 0 amide bonds. The van der Waals surface area contributed by atoms with Crippen LogP contribution in [0.25, 0.3) is 0 Å². The van der Waals surface area contributed by atoms with Gasteiger partial charge in [0.2, 0.25) is 0 Å². The van der Waals surface area contributed by atoms with Crippen molar-refractivity contribution in [2.75, 3.05) is 0 Å². The summed E-state index contributed by atoms with van der Waals surface area (Å²) in [5, 5.41) is 20.6. The molecule has 0 radical (unpaired) electrons. The molecule has 0 aromatic carbocycles. The molecule has 1 saturated carbocycles. The maximum absolute atomic E-state index is 10.3. The maximum Gasteiger partial charge on any atom is 0.197 e. The smallest absolute Gasteiger partial charge is 0.197 e.